The van der Waals surface area contributed by atoms with Crippen molar-refractivity contribution in [1.82, 2.24) is 8.75 Å². The van der Waals surface area contributed by atoms with Crippen molar-refractivity contribution >= 4 is 29.1 Å². The first-order chi connectivity index (χ1) is 7.59. The second kappa shape index (κ2) is 4.85. The van der Waals surface area contributed by atoms with Gasteiger partial charge in [0.1, 0.15) is 0 Å². The molecule has 0 aliphatic heterocycles. The highest BCUT2D eigenvalue weighted by Gasteiger charge is 2.31. The lowest BCUT2D eigenvalue weighted by Crippen LogP contribution is -2.40. The lowest BCUT2D eigenvalue weighted by Gasteiger charge is -2.34. The van der Waals surface area contributed by atoms with E-state index in [-0.39, 0.29) is 0 Å². The fourth-order valence-electron chi connectivity index (χ4n) is 2.01. The van der Waals surface area contributed by atoms with Crippen LogP contribution in [0.2, 0.25) is 5.15 Å². The van der Waals surface area contributed by atoms with Gasteiger partial charge in [-0.1, -0.05) is 18.5 Å². The minimum absolute atomic E-state index is 0.387. The van der Waals surface area contributed by atoms with Crippen LogP contribution in [0.4, 0.5) is 5.82 Å². The molecule has 16 heavy (non-hydrogen) atoms. The number of hydrogen-bond donors (Lipinski definition) is 2. The zero-order valence-electron chi connectivity index (χ0n) is 9.24. The number of aromatic nitrogens is 2. The predicted octanol–water partition coefficient (Wildman–Crippen LogP) is 2.54. The molecule has 0 radical (unpaired) electrons. The topological polar surface area (TPSA) is 58.0 Å². The first-order valence-electron chi connectivity index (χ1n) is 5.53. The van der Waals surface area contributed by atoms with Gasteiger partial charge in [0.15, 0.2) is 11.0 Å². The third kappa shape index (κ3) is 2.84. The molecule has 6 heteroatoms. The minimum Gasteiger partial charge on any atom is -0.388 e. The number of nitrogens with one attached hydrogen (secondary N) is 1. The summed E-state index contributed by atoms with van der Waals surface area (Å²) >= 11 is 6.89. The molecule has 0 bridgehead atoms. The molecule has 1 heterocycles. The number of rotatable bonds is 3. The molecule has 2 N–H and O–H groups in total. The first kappa shape index (κ1) is 12.1. The van der Waals surface area contributed by atoms with Gasteiger partial charge in [0.05, 0.1) is 17.3 Å². The smallest absolute Gasteiger partial charge is 0.186 e. The molecule has 0 amide bonds. The van der Waals surface area contributed by atoms with Crippen LogP contribution in [0.3, 0.4) is 0 Å². The Labute approximate surface area is 104 Å². The summed E-state index contributed by atoms with van der Waals surface area (Å²) in [6.45, 7) is 2.74. The molecule has 1 aliphatic carbocycles. The molecule has 1 saturated carbocycles. The molecule has 1 aromatic heterocycles. The fourth-order valence-corrected chi connectivity index (χ4v) is 2.69. The SMILES string of the molecule is CC1CCC(O)(CNc2nsnc2Cl)CC1. The van der Waals surface area contributed by atoms with Gasteiger partial charge < -0.3 is 10.4 Å². The van der Waals surface area contributed by atoms with Gasteiger partial charge in [0.2, 0.25) is 0 Å². The van der Waals surface area contributed by atoms with Crippen LogP contribution in [0.1, 0.15) is 32.6 Å². The van der Waals surface area contributed by atoms with Crippen LogP contribution in [0, 0.1) is 5.92 Å². The minimum atomic E-state index is -0.612. The third-order valence-corrected chi connectivity index (χ3v) is 4.13. The molecule has 0 saturated heterocycles. The zero-order valence-corrected chi connectivity index (χ0v) is 10.8. The molecule has 1 aliphatic rings. The fraction of sp³-hybridized carbons (Fsp3) is 0.800. The van der Waals surface area contributed by atoms with Gasteiger partial charge in [0, 0.05) is 6.54 Å². The second-order valence-electron chi connectivity index (χ2n) is 4.66. The van der Waals surface area contributed by atoms with Crippen molar-refractivity contribution in [2.75, 3.05) is 11.9 Å². The molecule has 0 spiro atoms. The summed E-state index contributed by atoms with van der Waals surface area (Å²) < 4.78 is 7.89. The van der Waals surface area contributed by atoms with Crippen LogP contribution in [-0.4, -0.2) is 26.0 Å². The number of hydrogen-bond acceptors (Lipinski definition) is 5. The average molecular weight is 262 g/mol. The standard InChI is InChI=1S/C10H16ClN3OS/c1-7-2-4-10(15,5-3-7)6-12-9-8(11)13-16-14-9/h7,15H,2-6H2,1H3,(H,12,14). The quantitative estimate of drug-likeness (QED) is 0.878. The highest BCUT2D eigenvalue weighted by molar-refractivity contribution is 6.99. The van der Waals surface area contributed by atoms with E-state index >= 15 is 0 Å². The molecular formula is C10H16ClN3OS. The summed E-state index contributed by atoms with van der Waals surface area (Å²) in [7, 11) is 0. The van der Waals surface area contributed by atoms with Crippen LogP contribution in [0.15, 0.2) is 0 Å². The van der Waals surface area contributed by atoms with Crippen LogP contribution in [-0.2, 0) is 0 Å². The largest absolute Gasteiger partial charge is 0.388 e. The summed E-state index contributed by atoms with van der Waals surface area (Å²) in [4.78, 5) is 0. The highest BCUT2D eigenvalue weighted by atomic mass is 35.5. The summed E-state index contributed by atoms with van der Waals surface area (Å²) in [6.07, 6.45) is 3.86. The van der Waals surface area contributed by atoms with Gasteiger partial charge in [-0.25, -0.2) is 0 Å². The Hall–Kier alpha value is -0.390. The third-order valence-electron chi connectivity index (χ3n) is 3.24. The molecular weight excluding hydrogens is 246 g/mol. The lowest BCUT2D eigenvalue weighted by atomic mass is 9.79. The zero-order chi connectivity index (χ0) is 11.6. The maximum absolute atomic E-state index is 10.3. The van der Waals surface area contributed by atoms with Crippen LogP contribution >= 0.6 is 23.3 Å². The van der Waals surface area contributed by atoms with Gasteiger partial charge in [-0.2, -0.15) is 8.75 Å². The van der Waals surface area contributed by atoms with Crippen LogP contribution in [0.5, 0.6) is 0 Å². The van der Waals surface area contributed by atoms with Gasteiger partial charge in [-0.05, 0) is 31.6 Å². The van der Waals surface area contributed by atoms with Crippen LogP contribution < -0.4 is 5.32 Å². The van der Waals surface area contributed by atoms with Gasteiger partial charge in [0.25, 0.3) is 0 Å². The summed E-state index contributed by atoms with van der Waals surface area (Å²) in [5, 5.41) is 13.8. The Morgan fingerprint density at radius 1 is 1.50 bits per heavy atom. The maximum Gasteiger partial charge on any atom is 0.186 e. The van der Waals surface area contributed by atoms with Crippen molar-refractivity contribution in [2.24, 2.45) is 5.92 Å². The predicted molar refractivity (Wildman–Crippen MR) is 66.0 cm³/mol. The van der Waals surface area contributed by atoms with Gasteiger partial charge in [-0.15, -0.1) is 0 Å². The van der Waals surface area contributed by atoms with Crippen molar-refractivity contribution in [3.63, 3.8) is 0 Å². The van der Waals surface area contributed by atoms with E-state index in [1.807, 2.05) is 0 Å². The molecule has 0 unspecified atom stereocenters. The summed E-state index contributed by atoms with van der Waals surface area (Å²) in [5.41, 5.74) is -0.612. The van der Waals surface area contributed by atoms with E-state index in [1.54, 1.807) is 0 Å². The van der Waals surface area contributed by atoms with E-state index in [1.165, 1.54) is 0 Å². The highest BCUT2D eigenvalue weighted by Crippen LogP contribution is 2.32. The average Bonchev–Trinajstić information content (AvgIpc) is 2.67. The number of aliphatic hydroxyl groups is 1. The van der Waals surface area contributed by atoms with Crippen molar-refractivity contribution in [2.45, 2.75) is 38.2 Å². The lowest BCUT2D eigenvalue weighted by molar-refractivity contribution is 0.00496. The van der Waals surface area contributed by atoms with E-state index in [2.05, 4.69) is 21.0 Å². The number of halogens is 1. The van der Waals surface area contributed by atoms with Crippen molar-refractivity contribution in [3.05, 3.63) is 5.15 Å². The van der Waals surface area contributed by atoms with E-state index in [0.717, 1.165) is 43.3 Å². The van der Waals surface area contributed by atoms with E-state index < -0.39 is 5.60 Å². The Balaban J connectivity index is 1.88. The normalized spacial score (nSPS) is 30.3. The molecule has 2 rings (SSSR count). The second-order valence-corrected chi connectivity index (χ2v) is 5.55. The molecule has 4 nitrogen and oxygen atoms in total. The molecule has 0 aromatic carbocycles. The maximum atomic E-state index is 10.3. The number of anilines is 1. The van der Waals surface area contributed by atoms with Gasteiger partial charge in [-0.3, -0.25) is 0 Å². The van der Waals surface area contributed by atoms with E-state index in [4.69, 9.17) is 11.6 Å². The molecule has 90 valence electrons. The molecule has 0 atom stereocenters. The van der Waals surface area contributed by atoms with Crippen molar-refractivity contribution in [3.8, 4) is 0 Å². The Kier molecular flexibility index (Phi) is 3.66. The Morgan fingerprint density at radius 3 is 2.75 bits per heavy atom. The molecule has 1 aromatic rings. The van der Waals surface area contributed by atoms with Gasteiger partial charge >= 0.3 is 0 Å². The molecule has 1 fully saturated rings. The Morgan fingerprint density at radius 2 is 2.19 bits per heavy atom. The van der Waals surface area contributed by atoms with E-state index in [9.17, 15) is 5.11 Å². The summed E-state index contributed by atoms with van der Waals surface area (Å²) in [6, 6.07) is 0. The van der Waals surface area contributed by atoms with Crippen molar-refractivity contribution in [1.29, 1.82) is 0 Å². The first-order valence-corrected chi connectivity index (χ1v) is 6.64. The van der Waals surface area contributed by atoms with Crippen LogP contribution in [0.25, 0.3) is 0 Å². The van der Waals surface area contributed by atoms with E-state index in [0.29, 0.717) is 17.5 Å². The van der Waals surface area contributed by atoms with Crippen molar-refractivity contribution < 1.29 is 5.11 Å². The number of nitrogens with zero attached hydrogens (tertiary/aromatic N) is 2. The Bertz CT molecular complexity index is 350. The monoisotopic (exact) mass is 261 g/mol. The summed E-state index contributed by atoms with van der Waals surface area (Å²) in [5.74, 6) is 1.31.